The first-order valence-electron chi connectivity index (χ1n) is 15.2. The van der Waals surface area contributed by atoms with Crippen molar-refractivity contribution in [2.75, 3.05) is 5.73 Å². The number of phenolic OH excluding ortho intramolecular Hbond substituents is 1. The number of nitrogen functional groups attached to an aromatic ring is 1. The largest absolute Gasteiger partial charge is 0.507 e. The Bertz CT molecular complexity index is 2760. The van der Waals surface area contributed by atoms with Gasteiger partial charge in [0.1, 0.15) is 27.6 Å². The molecule has 6 rings (SSSR count). The van der Waals surface area contributed by atoms with Crippen LogP contribution in [0, 0.1) is 0 Å². The summed E-state index contributed by atoms with van der Waals surface area (Å²) in [5.74, 6) is -2.23. The first-order chi connectivity index (χ1) is 25.6. The Kier molecular flexibility index (Phi) is 9.96. The molecule has 0 atom stereocenters. The summed E-state index contributed by atoms with van der Waals surface area (Å²) in [5.41, 5.74) is 8.33. The summed E-state index contributed by atoms with van der Waals surface area (Å²) in [4.78, 5) is 10.2. The molecule has 0 heterocycles. The lowest BCUT2D eigenvalue weighted by Crippen LogP contribution is -2.01. The van der Waals surface area contributed by atoms with Crippen LogP contribution in [0.1, 0.15) is 10.4 Å². The van der Waals surface area contributed by atoms with E-state index in [0.717, 1.165) is 29.3 Å². The number of carbonyl (C=O) groups is 1. The van der Waals surface area contributed by atoms with Crippen LogP contribution in [0.3, 0.4) is 0 Å². The second-order valence-electron chi connectivity index (χ2n) is 11.3. The van der Waals surface area contributed by atoms with Gasteiger partial charge in [-0.25, -0.2) is 4.79 Å². The Hall–Kier alpha value is -6.93. The molecule has 0 aromatic heterocycles. The number of azo groups is 3. The average molecular weight is 768 g/mol. The summed E-state index contributed by atoms with van der Waals surface area (Å²) in [6.45, 7) is 0. The van der Waals surface area contributed by atoms with Crippen LogP contribution in [0.25, 0.3) is 21.9 Å². The number of anilines is 1. The van der Waals surface area contributed by atoms with E-state index in [-0.39, 0.29) is 55.4 Å². The zero-order chi connectivity index (χ0) is 38.8. The molecule has 7 N–H and O–H groups in total. The Morgan fingerprint density at radius 2 is 1.04 bits per heavy atom. The Balaban J connectivity index is 1.23. The lowest BCUT2D eigenvalue weighted by Gasteiger charge is -2.12. The van der Waals surface area contributed by atoms with Crippen molar-refractivity contribution in [2.24, 2.45) is 30.7 Å². The third-order valence-electron chi connectivity index (χ3n) is 7.75. The smallest absolute Gasteiger partial charge is 0.339 e. The number of hydrogen-bond acceptors (Lipinski definition) is 14. The molecule has 0 spiro atoms. The van der Waals surface area contributed by atoms with Crippen molar-refractivity contribution in [3.8, 4) is 22.6 Å². The van der Waals surface area contributed by atoms with E-state index in [1.165, 1.54) is 42.5 Å². The van der Waals surface area contributed by atoms with E-state index in [1.807, 2.05) is 0 Å². The molecule has 0 bridgehead atoms. The third kappa shape index (κ3) is 8.08. The van der Waals surface area contributed by atoms with Gasteiger partial charge in [-0.05, 0) is 90.0 Å². The van der Waals surface area contributed by atoms with Gasteiger partial charge in [-0.2, -0.15) is 37.3 Å². The molecule has 272 valence electrons. The normalized spacial score (nSPS) is 12.3. The summed E-state index contributed by atoms with van der Waals surface area (Å²) < 4.78 is 66.3. The molecule has 0 aliphatic heterocycles. The first-order valence-corrected chi connectivity index (χ1v) is 18.1. The van der Waals surface area contributed by atoms with Gasteiger partial charge in [-0.3, -0.25) is 9.11 Å². The number of carboxylic acid groups (broad SMARTS) is 1. The van der Waals surface area contributed by atoms with E-state index >= 15 is 0 Å². The zero-order valence-corrected chi connectivity index (χ0v) is 28.9. The molecule has 0 saturated heterocycles. The van der Waals surface area contributed by atoms with E-state index in [9.17, 15) is 36.4 Å². The van der Waals surface area contributed by atoms with E-state index in [1.54, 1.807) is 48.5 Å². The minimum Gasteiger partial charge on any atom is -0.507 e. The number of fused-ring (bicyclic) bond motifs is 1. The van der Waals surface area contributed by atoms with Gasteiger partial charge in [0.25, 0.3) is 20.2 Å². The van der Waals surface area contributed by atoms with Crippen LogP contribution in [-0.4, -0.2) is 47.2 Å². The fourth-order valence-corrected chi connectivity index (χ4v) is 6.25. The molecule has 19 heteroatoms. The molecule has 6 aromatic rings. The number of benzene rings is 6. The number of hydrogen-bond donors (Lipinski definition) is 6. The molecule has 54 heavy (non-hydrogen) atoms. The second-order valence-corrected chi connectivity index (χ2v) is 14.1. The summed E-state index contributed by atoms with van der Waals surface area (Å²) >= 11 is 0. The maximum Gasteiger partial charge on any atom is 0.339 e. The number of nitrogens with zero attached hydrogens (tertiary/aromatic N) is 6. The fourth-order valence-electron chi connectivity index (χ4n) is 5.06. The summed E-state index contributed by atoms with van der Waals surface area (Å²) in [6.07, 6.45) is 0. The average Bonchev–Trinajstić information content (AvgIpc) is 3.13. The lowest BCUT2D eigenvalue weighted by atomic mass is 10.1. The van der Waals surface area contributed by atoms with Gasteiger partial charge in [-0.15, -0.1) is 10.2 Å². The molecule has 0 aliphatic rings. The van der Waals surface area contributed by atoms with Crippen LogP contribution in [-0.2, 0) is 20.2 Å². The van der Waals surface area contributed by atoms with Crippen LogP contribution in [0.2, 0.25) is 0 Å². The van der Waals surface area contributed by atoms with Crippen molar-refractivity contribution in [3.63, 3.8) is 0 Å². The topological polar surface area (TPSA) is 287 Å². The fraction of sp³-hybridized carbons (Fsp3) is 0. The third-order valence-corrected chi connectivity index (χ3v) is 9.51. The number of aromatic hydroxyl groups is 2. The van der Waals surface area contributed by atoms with Gasteiger partial charge in [0.05, 0.1) is 38.7 Å². The molecular formula is C35H25N7O10S2. The van der Waals surface area contributed by atoms with Crippen molar-refractivity contribution >= 4 is 76.8 Å². The maximum absolute atomic E-state index is 12.3. The zero-order valence-electron chi connectivity index (χ0n) is 27.2. The van der Waals surface area contributed by atoms with E-state index in [2.05, 4.69) is 30.7 Å². The van der Waals surface area contributed by atoms with Gasteiger partial charge in [0.2, 0.25) is 0 Å². The lowest BCUT2D eigenvalue weighted by molar-refractivity contribution is 0.0693. The molecular weight excluding hydrogens is 743 g/mol. The highest BCUT2D eigenvalue weighted by atomic mass is 32.2. The molecule has 0 fully saturated rings. The van der Waals surface area contributed by atoms with E-state index in [4.69, 9.17) is 15.4 Å². The summed E-state index contributed by atoms with van der Waals surface area (Å²) in [6, 6.07) is 25.9. The highest BCUT2D eigenvalue weighted by molar-refractivity contribution is 7.86. The Labute approximate surface area is 305 Å². The number of rotatable bonds is 10. The second kappa shape index (κ2) is 14.6. The maximum atomic E-state index is 12.3. The molecule has 0 amide bonds. The van der Waals surface area contributed by atoms with Crippen molar-refractivity contribution < 1.29 is 46.1 Å². The standard InChI is InChI=1S/C35H25N7O10S2/c36-33-29(42-39-23-9-12-25(13-10-23)53(47,48)49)18-31(54(50,51)52)26-14-15-28(34(44)32(26)33)41-38-22-7-3-20(4-8-22)19-1-5-21(6-2-19)37-40-24-11-16-30(43)27(17-24)35(45)46/h1-18,43-44H,36H2,(H,45,46)(H,47,48,49)(H,50,51,52). The Morgan fingerprint density at radius 1 is 0.556 bits per heavy atom. The Morgan fingerprint density at radius 3 is 1.56 bits per heavy atom. The highest BCUT2D eigenvalue weighted by Gasteiger charge is 2.22. The van der Waals surface area contributed by atoms with Gasteiger partial charge < -0.3 is 21.1 Å². The van der Waals surface area contributed by atoms with Crippen molar-refractivity contribution in [1.82, 2.24) is 0 Å². The molecule has 0 aliphatic carbocycles. The van der Waals surface area contributed by atoms with Gasteiger partial charge >= 0.3 is 5.97 Å². The van der Waals surface area contributed by atoms with Crippen LogP contribution < -0.4 is 5.73 Å². The number of aromatic carboxylic acids is 1. The SMILES string of the molecule is Nc1c(N=Nc2ccc(S(=O)(=O)O)cc2)cc(S(=O)(=O)O)c2ccc(N=Nc3ccc(-c4ccc(N=Nc5ccc(O)c(C(=O)O)c5)cc4)cc3)c(O)c12. The van der Waals surface area contributed by atoms with Crippen LogP contribution in [0.5, 0.6) is 11.5 Å². The molecule has 17 nitrogen and oxygen atoms in total. The summed E-state index contributed by atoms with van der Waals surface area (Å²) in [5, 5.41) is 53.9. The molecule has 6 aromatic carbocycles. The molecule has 0 radical (unpaired) electrons. The highest BCUT2D eigenvalue weighted by Crippen LogP contribution is 2.45. The van der Waals surface area contributed by atoms with Crippen LogP contribution in [0.4, 0.5) is 39.8 Å². The van der Waals surface area contributed by atoms with Crippen molar-refractivity contribution in [2.45, 2.75) is 9.79 Å². The van der Waals surface area contributed by atoms with E-state index < -0.39 is 36.9 Å². The van der Waals surface area contributed by atoms with Crippen molar-refractivity contribution in [3.05, 3.63) is 115 Å². The van der Waals surface area contributed by atoms with E-state index in [0.29, 0.717) is 11.4 Å². The van der Waals surface area contributed by atoms with Crippen LogP contribution in [0.15, 0.2) is 150 Å². The van der Waals surface area contributed by atoms with Gasteiger partial charge in [-0.1, -0.05) is 30.3 Å². The van der Waals surface area contributed by atoms with Gasteiger partial charge in [0, 0.05) is 5.39 Å². The predicted octanol–water partition coefficient (Wildman–Crippen LogP) is 8.94. The van der Waals surface area contributed by atoms with Gasteiger partial charge in [0.15, 0.2) is 5.75 Å². The van der Waals surface area contributed by atoms with Crippen molar-refractivity contribution in [1.29, 1.82) is 0 Å². The summed E-state index contributed by atoms with van der Waals surface area (Å²) in [7, 11) is -9.31. The quantitative estimate of drug-likeness (QED) is 0.0434. The molecule has 0 saturated carbocycles. The monoisotopic (exact) mass is 767 g/mol. The minimum atomic E-state index is -4.86. The van der Waals surface area contributed by atoms with Crippen LogP contribution >= 0.6 is 0 Å². The number of phenols is 2. The molecule has 0 unspecified atom stereocenters. The first kappa shape index (κ1) is 36.8. The predicted molar refractivity (Wildman–Crippen MR) is 196 cm³/mol. The minimum absolute atomic E-state index is 0.0919. The number of nitrogens with two attached hydrogens (primary N) is 1. The number of carboxylic acids is 1.